The first-order valence-electron chi connectivity index (χ1n) is 9.37. The van der Waals surface area contributed by atoms with Crippen LogP contribution < -0.4 is 5.32 Å². The number of sulfonamides is 1. The predicted octanol–water partition coefficient (Wildman–Crippen LogP) is 3.59. The van der Waals surface area contributed by atoms with Crippen LogP contribution in [0.3, 0.4) is 0 Å². The van der Waals surface area contributed by atoms with E-state index in [1.807, 2.05) is 0 Å². The van der Waals surface area contributed by atoms with Crippen LogP contribution in [0.5, 0.6) is 0 Å². The molecular weight excluding hydrogens is 410 g/mol. The van der Waals surface area contributed by atoms with E-state index in [0.29, 0.717) is 42.1 Å². The number of hydrogen-bond donors (Lipinski definition) is 1. The fraction of sp³-hybridized carbons (Fsp3) is 0.333. The fourth-order valence-corrected chi connectivity index (χ4v) is 5.28. The first-order chi connectivity index (χ1) is 13.9. The number of carbonyl (C=O) groups is 1. The maximum Gasteiger partial charge on any atom is 0.228 e. The van der Waals surface area contributed by atoms with Crippen LogP contribution >= 0.6 is 11.6 Å². The van der Waals surface area contributed by atoms with Gasteiger partial charge in [-0.3, -0.25) is 4.79 Å². The van der Waals surface area contributed by atoms with Crippen LogP contribution in [-0.2, 0) is 27.0 Å². The molecule has 1 aliphatic rings. The molecule has 0 bridgehead atoms. The quantitative estimate of drug-likeness (QED) is 0.756. The summed E-state index contributed by atoms with van der Waals surface area (Å²) in [5, 5.41) is 12.0. The van der Waals surface area contributed by atoms with Crippen LogP contribution in [0.25, 0.3) is 0 Å². The van der Waals surface area contributed by atoms with Gasteiger partial charge in [0.05, 0.1) is 24.2 Å². The first-order valence-corrected chi connectivity index (χ1v) is 11.4. The number of anilines is 1. The van der Waals surface area contributed by atoms with Crippen molar-refractivity contribution in [1.29, 1.82) is 5.26 Å². The molecule has 3 rings (SSSR count). The SMILES string of the molecule is N#CCc1ccc(NC(=O)[C@@H]2CCCN(S(=O)(=O)Cc3ccccc3Cl)C2)cc1. The van der Waals surface area contributed by atoms with Crippen molar-refractivity contribution in [3.8, 4) is 6.07 Å². The van der Waals surface area contributed by atoms with E-state index in [1.54, 1.807) is 48.5 Å². The summed E-state index contributed by atoms with van der Waals surface area (Å²) in [7, 11) is -3.57. The van der Waals surface area contributed by atoms with Crippen LogP contribution in [0.2, 0.25) is 5.02 Å². The Balaban J connectivity index is 1.64. The van der Waals surface area contributed by atoms with E-state index in [2.05, 4.69) is 11.4 Å². The van der Waals surface area contributed by atoms with E-state index >= 15 is 0 Å². The van der Waals surface area contributed by atoms with Gasteiger partial charge in [0.2, 0.25) is 15.9 Å². The molecule has 1 aliphatic heterocycles. The molecule has 2 aromatic carbocycles. The molecule has 1 atom stereocenters. The van der Waals surface area contributed by atoms with Crippen molar-refractivity contribution in [1.82, 2.24) is 4.31 Å². The van der Waals surface area contributed by atoms with E-state index in [-0.39, 0.29) is 18.2 Å². The zero-order valence-electron chi connectivity index (χ0n) is 15.8. The maximum absolute atomic E-state index is 12.8. The number of hydrogen-bond acceptors (Lipinski definition) is 4. The number of nitrogens with one attached hydrogen (secondary N) is 1. The van der Waals surface area contributed by atoms with E-state index < -0.39 is 15.9 Å². The monoisotopic (exact) mass is 431 g/mol. The minimum Gasteiger partial charge on any atom is -0.326 e. The van der Waals surface area contributed by atoms with Gasteiger partial charge >= 0.3 is 0 Å². The number of halogens is 1. The summed E-state index contributed by atoms with van der Waals surface area (Å²) >= 11 is 6.10. The zero-order valence-corrected chi connectivity index (χ0v) is 17.4. The van der Waals surface area contributed by atoms with E-state index in [9.17, 15) is 13.2 Å². The summed E-state index contributed by atoms with van der Waals surface area (Å²) in [5.74, 6) is -0.791. The topological polar surface area (TPSA) is 90.3 Å². The van der Waals surface area contributed by atoms with Crippen molar-refractivity contribution >= 4 is 33.2 Å². The van der Waals surface area contributed by atoms with Gasteiger partial charge in [-0.05, 0) is 42.2 Å². The van der Waals surface area contributed by atoms with Crippen LogP contribution in [0.15, 0.2) is 48.5 Å². The Hall–Kier alpha value is -2.40. The van der Waals surface area contributed by atoms with Crippen molar-refractivity contribution in [3.63, 3.8) is 0 Å². The molecule has 6 nitrogen and oxygen atoms in total. The number of amides is 1. The molecule has 29 heavy (non-hydrogen) atoms. The van der Waals surface area contributed by atoms with Crippen LogP contribution in [0, 0.1) is 17.2 Å². The number of nitriles is 1. The summed E-state index contributed by atoms with van der Waals surface area (Å²) < 4.78 is 27.1. The highest BCUT2D eigenvalue weighted by Gasteiger charge is 2.32. The van der Waals surface area contributed by atoms with E-state index in [1.165, 1.54) is 4.31 Å². The number of benzene rings is 2. The lowest BCUT2D eigenvalue weighted by molar-refractivity contribution is -0.120. The lowest BCUT2D eigenvalue weighted by Crippen LogP contribution is -2.44. The highest BCUT2D eigenvalue weighted by Crippen LogP contribution is 2.25. The zero-order chi connectivity index (χ0) is 20.9. The Morgan fingerprint density at radius 2 is 1.93 bits per heavy atom. The molecule has 1 fully saturated rings. The van der Waals surface area contributed by atoms with E-state index in [4.69, 9.17) is 16.9 Å². The maximum atomic E-state index is 12.8. The van der Waals surface area contributed by atoms with E-state index in [0.717, 1.165) is 5.56 Å². The van der Waals surface area contributed by atoms with Crippen LogP contribution in [-0.4, -0.2) is 31.7 Å². The molecule has 1 N–H and O–H groups in total. The molecule has 0 aliphatic carbocycles. The third kappa shape index (κ3) is 5.57. The number of carbonyl (C=O) groups excluding carboxylic acids is 1. The second-order valence-corrected chi connectivity index (χ2v) is 9.44. The molecule has 1 saturated heterocycles. The normalized spacial score (nSPS) is 17.4. The molecular formula is C21H22ClN3O3S. The van der Waals surface area contributed by atoms with Crippen molar-refractivity contribution in [3.05, 3.63) is 64.7 Å². The Bertz CT molecular complexity index is 1020. The van der Waals surface area contributed by atoms with Crippen molar-refractivity contribution in [2.24, 2.45) is 5.92 Å². The third-order valence-electron chi connectivity index (χ3n) is 4.95. The van der Waals surface area contributed by atoms with Crippen molar-refractivity contribution < 1.29 is 13.2 Å². The van der Waals surface area contributed by atoms with Gasteiger partial charge in [0.25, 0.3) is 0 Å². The average Bonchev–Trinajstić information content (AvgIpc) is 2.71. The Morgan fingerprint density at radius 3 is 2.62 bits per heavy atom. The third-order valence-corrected chi connectivity index (χ3v) is 7.11. The predicted molar refractivity (Wildman–Crippen MR) is 113 cm³/mol. The highest BCUT2D eigenvalue weighted by atomic mass is 35.5. The molecule has 0 spiro atoms. The molecule has 2 aromatic rings. The summed E-state index contributed by atoms with van der Waals surface area (Å²) in [6.45, 7) is 0.560. The molecule has 0 radical (unpaired) electrons. The van der Waals surface area contributed by atoms with Gasteiger partial charge in [0, 0.05) is 23.8 Å². The van der Waals surface area contributed by atoms with Gasteiger partial charge in [-0.15, -0.1) is 0 Å². The molecule has 1 amide bonds. The lowest BCUT2D eigenvalue weighted by atomic mass is 9.98. The second kappa shape index (κ2) is 9.40. The summed E-state index contributed by atoms with van der Waals surface area (Å²) in [4.78, 5) is 12.7. The smallest absolute Gasteiger partial charge is 0.228 e. The molecule has 8 heteroatoms. The largest absolute Gasteiger partial charge is 0.326 e. The second-order valence-electron chi connectivity index (χ2n) is 7.07. The summed E-state index contributed by atoms with van der Waals surface area (Å²) in [6, 6.07) is 16.0. The minimum absolute atomic E-state index is 0.158. The van der Waals surface area contributed by atoms with Gasteiger partial charge < -0.3 is 5.32 Å². The average molecular weight is 432 g/mol. The Kier molecular flexibility index (Phi) is 6.91. The standard InChI is InChI=1S/C21H22ClN3O3S/c22-20-6-2-1-4-18(20)15-29(27,28)25-13-3-5-17(14-25)21(26)24-19-9-7-16(8-10-19)11-12-23/h1-2,4,6-10,17H,3,5,11,13-15H2,(H,24,26)/t17-/m1/s1. The number of rotatable bonds is 6. The minimum atomic E-state index is -3.57. The molecule has 0 aromatic heterocycles. The Labute approximate surface area is 176 Å². The van der Waals surface area contributed by atoms with Gasteiger partial charge in [-0.1, -0.05) is 41.9 Å². The molecule has 0 unspecified atom stereocenters. The number of piperidine rings is 1. The van der Waals surface area contributed by atoms with Crippen molar-refractivity contribution in [2.75, 3.05) is 18.4 Å². The first kappa shape index (κ1) is 21.3. The van der Waals surface area contributed by atoms with Crippen molar-refractivity contribution in [2.45, 2.75) is 25.0 Å². The molecule has 0 saturated carbocycles. The van der Waals surface area contributed by atoms with Gasteiger partial charge in [-0.2, -0.15) is 5.26 Å². The van der Waals surface area contributed by atoms with Gasteiger partial charge in [-0.25, -0.2) is 12.7 Å². The van der Waals surface area contributed by atoms with Gasteiger partial charge in [0.15, 0.2) is 0 Å². The lowest BCUT2D eigenvalue weighted by Gasteiger charge is -2.31. The van der Waals surface area contributed by atoms with Gasteiger partial charge in [0.1, 0.15) is 0 Å². The molecule has 1 heterocycles. The Morgan fingerprint density at radius 1 is 1.21 bits per heavy atom. The highest BCUT2D eigenvalue weighted by molar-refractivity contribution is 7.88. The van der Waals surface area contributed by atoms with Crippen LogP contribution in [0.4, 0.5) is 5.69 Å². The van der Waals surface area contributed by atoms with Crippen LogP contribution in [0.1, 0.15) is 24.0 Å². The number of nitrogens with zero attached hydrogens (tertiary/aromatic N) is 2. The summed E-state index contributed by atoms with van der Waals surface area (Å²) in [5.41, 5.74) is 2.06. The fourth-order valence-electron chi connectivity index (χ4n) is 3.35. The summed E-state index contributed by atoms with van der Waals surface area (Å²) in [6.07, 6.45) is 1.58. The molecule has 152 valence electrons.